The highest BCUT2D eigenvalue weighted by molar-refractivity contribution is 8.14. The Hall–Kier alpha value is -2.47. The Kier molecular flexibility index (Phi) is 4.88. The summed E-state index contributed by atoms with van der Waals surface area (Å²) >= 11 is 1.66. The van der Waals surface area contributed by atoms with Gasteiger partial charge in [0.05, 0.1) is 25.5 Å². The van der Waals surface area contributed by atoms with E-state index >= 15 is 0 Å². The summed E-state index contributed by atoms with van der Waals surface area (Å²) in [6, 6.07) is 16.2. The molecule has 2 aliphatic heterocycles. The van der Waals surface area contributed by atoms with Gasteiger partial charge in [0.2, 0.25) is 0 Å². The van der Waals surface area contributed by atoms with Crippen molar-refractivity contribution in [3.63, 3.8) is 0 Å². The van der Waals surface area contributed by atoms with E-state index in [9.17, 15) is 0 Å². The fourth-order valence-electron chi connectivity index (χ4n) is 2.63. The van der Waals surface area contributed by atoms with Crippen molar-refractivity contribution in [3.05, 3.63) is 59.7 Å². The first-order valence-corrected chi connectivity index (χ1v) is 9.31. The molecular formula is C19H19N3O2S. The largest absolute Gasteiger partial charge is 0.490 e. The summed E-state index contributed by atoms with van der Waals surface area (Å²) in [4.78, 5) is 4.58. The third-order valence-corrected chi connectivity index (χ3v) is 4.87. The Morgan fingerprint density at radius 3 is 2.68 bits per heavy atom. The number of nitrogens with zero attached hydrogens (tertiary/aromatic N) is 2. The number of ether oxygens (including phenoxy) is 2. The fraction of sp³-hybridized carbons (Fsp3) is 0.263. The average molecular weight is 353 g/mol. The zero-order chi connectivity index (χ0) is 16.9. The third kappa shape index (κ3) is 3.96. The second-order valence-electron chi connectivity index (χ2n) is 5.78. The summed E-state index contributed by atoms with van der Waals surface area (Å²) in [5, 5.41) is 5.33. The van der Waals surface area contributed by atoms with Gasteiger partial charge in [0, 0.05) is 17.7 Å². The molecule has 0 unspecified atom stereocenters. The Bertz CT molecular complexity index is 806. The minimum atomic E-state index is 0.658. The Balaban J connectivity index is 1.45. The number of hydrogen-bond acceptors (Lipinski definition) is 5. The van der Waals surface area contributed by atoms with E-state index in [1.165, 1.54) is 5.56 Å². The van der Waals surface area contributed by atoms with Gasteiger partial charge in [-0.1, -0.05) is 42.1 Å². The predicted molar refractivity (Wildman–Crippen MR) is 102 cm³/mol. The van der Waals surface area contributed by atoms with Crippen LogP contribution in [0.3, 0.4) is 0 Å². The molecule has 0 saturated heterocycles. The first kappa shape index (κ1) is 16.0. The smallest absolute Gasteiger partial charge is 0.177 e. The minimum Gasteiger partial charge on any atom is -0.490 e. The molecule has 0 spiro atoms. The zero-order valence-electron chi connectivity index (χ0n) is 13.8. The standard InChI is InChI=1S/C19H19N3O2S/c1-2-5-14(6-3-1)12-20-19-22-21-16(13-25-19)15-7-8-17-18(11-15)24-10-4-9-23-17/h1-3,5-8,11H,4,9-10,12-13H2,(H,20,22). The van der Waals surface area contributed by atoms with E-state index in [2.05, 4.69) is 27.7 Å². The molecule has 4 rings (SSSR count). The maximum atomic E-state index is 5.76. The van der Waals surface area contributed by atoms with Gasteiger partial charge in [-0.3, -0.25) is 10.4 Å². The summed E-state index contributed by atoms with van der Waals surface area (Å²) in [6.07, 6.45) is 0.906. The van der Waals surface area contributed by atoms with Gasteiger partial charge in [0.15, 0.2) is 16.7 Å². The first-order chi connectivity index (χ1) is 12.4. The van der Waals surface area contributed by atoms with Gasteiger partial charge in [-0.25, -0.2) is 0 Å². The van der Waals surface area contributed by atoms with Crippen molar-refractivity contribution in [2.24, 2.45) is 10.1 Å². The molecule has 0 fully saturated rings. The van der Waals surface area contributed by atoms with Gasteiger partial charge in [0.25, 0.3) is 0 Å². The molecule has 0 saturated carbocycles. The van der Waals surface area contributed by atoms with Crippen molar-refractivity contribution in [3.8, 4) is 11.5 Å². The average Bonchev–Trinajstić information content (AvgIpc) is 2.92. The third-order valence-electron chi connectivity index (χ3n) is 3.96. The number of benzene rings is 2. The van der Waals surface area contributed by atoms with Gasteiger partial charge >= 0.3 is 0 Å². The molecule has 25 heavy (non-hydrogen) atoms. The van der Waals surface area contributed by atoms with Crippen molar-refractivity contribution in [1.82, 2.24) is 5.43 Å². The molecule has 2 heterocycles. The molecule has 0 aromatic heterocycles. The van der Waals surface area contributed by atoms with Crippen LogP contribution >= 0.6 is 11.8 Å². The monoisotopic (exact) mass is 353 g/mol. The lowest BCUT2D eigenvalue weighted by Crippen LogP contribution is -2.25. The number of rotatable bonds is 3. The summed E-state index contributed by atoms with van der Waals surface area (Å²) < 4.78 is 11.4. The molecule has 1 N–H and O–H groups in total. The van der Waals surface area contributed by atoms with Gasteiger partial charge in [-0.2, -0.15) is 5.10 Å². The SMILES string of the molecule is c1ccc(CN=C2NN=C(c3ccc4c(c3)OCCCO4)CS2)cc1. The van der Waals surface area contributed by atoms with Crippen LogP contribution in [0.25, 0.3) is 0 Å². The van der Waals surface area contributed by atoms with Crippen LogP contribution in [0, 0.1) is 0 Å². The predicted octanol–water partition coefficient (Wildman–Crippen LogP) is 3.44. The molecule has 128 valence electrons. The van der Waals surface area contributed by atoms with E-state index in [1.54, 1.807) is 11.8 Å². The molecule has 2 aromatic rings. The second-order valence-corrected chi connectivity index (χ2v) is 6.74. The first-order valence-electron chi connectivity index (χ1n) is 8.32. The number of thioether (sulfide) groups is 1. The van der Waals surface area contributed by atoms with Crippen LogP contribution in [0.1, 0.15) is 17.5 Å². The number of nitrogens with one attached hydrogen (secondary N) is 1. The number of hydrogen-bond donors (Lipinski definition) is 1. The van der Waals surface area contributed by atoms with Crippen molar-refractivity contribution < 1.29 is 9.47 Å². The summed E-state index contributed by atoms with van der Waals surface area (Å²) in [5.74, 6) is 2.38. The quantitative estimate of drug-likeness (QED) is 0.918. The fourth-order valence-corrected chi connectivity index (χ4v) is 3.41. The van der Waals surface area contributed by atoms with Crippen molar-refractivity contribution in [1.29, 1.82) is 0 Å². The van der Waals surface area contributed by atoms with Crippen molar-refractivity contribution in [2.75, 3.05) is 19.0 Å². The highest BCUT2D eigenvalue weighted by Gasteiger charge is 2.16. The lowest BCUT2D eigenvalue weighted by molar-refractivity contribution is 0.297. The van der Waals surface area contributed by atoms with Crippen LogP contribution in [0.4, 0.5) is 0 Å². The second kappa shape index (κ2) is 7.61. The molecule has 0 bridgehead atoms. The lowest BCUT2D eigenvalue weighted by atomic mass is 10.1. The van der Waals surface area contributed by atoms with Gasteiger partial charge in [-0.15, -0.1) is 0 Å². The normalized spacial score (nSPS) is 18.2. The summed E-state index contributed by atoms with van der Waals surface area (Å²) in [7, 11) is 0. The molecule has 0 aliphatic carbocycles. The Labute approximate surface area is 151 Å². The van der Waals surface area contributed by atoms with Crippen LogP contribution < -0.4 is 14.9 Å². The van der Waals surface area contributed by atoms with Crippen molar-refractivity contribution >= 4 is 22.6 Å². The highest BCUT2D eigenvalue weighted by atomic mass is 32.2. The molecule has 2 aromatic carbocycles. The van der Waals surface area contributed by atoms with E-state index in [0.717, 1.165) is 40.1 Å². The Morgan fingerprint density at radius 2 is 1.88 bits per heavy atom. The molecular weight excluding hydrogens is 334 g/mol. The van der Waals surface area contributed by atoms with E-state index in [0.29, 0.717) is 19.8 Å². The summed E-state index contributed by atoms with van der Waals surface area (Å²) in [6.45, 7) is 2.04. The maximum Gasteiger partial charge on any atom is 0.177 e. The number of aliphatic imine (C=N–C) groups is 1. The number of hydrazone groups is 1. The van der Waals surface area contributed by atoms with E-state index < -0.39 is 0 Å². The number of fused-ring (bicyclic) bond motifs is 1. The van der Waals surface area contributed by atoms with Crippen LogP contribution in [0.5, 0.6) is 11.5 Å². The summed E-state index contributed by atoms with van der Waals surface area (Å²) in [5.41, 5.74) is 6.28. The van der Waals surface area contributed by atoms with E-state index in [-0.39, 0.29) is 0 Å². The maximum absolute atomic E-state index is 5.76. The van der Waals surface area contributed by atoms with Crippen molar-refractivity contribution in [2.45, 2.75) is 13.0 Å². The molecule has 0 radical (unpaired) electrons. The molecule has 2 aliphatic rings. The zero-order valence-corrected chi connectivity index (χ0v) is 14.6. The van der Waals surface area contributed by atoms with E-state index in [4.69, 9.17) is 9.47 Å². The van der Waals surface area contributed by atoms with Gasteiger partial charge in [0.1, 0.15) is 0 Å². The molecule has 0 amide bonds. The van der Waals surface area contributed by atoms with Crippen LogP contribution in [-0.2, 0) is 6.54 Å². The lowest BCUT2D eigenvalue weighted by Gasteiger charge is -2.16. The van der Waals surface area contributed by atoms with Crippen LogP contribution in [0.2, 0.25) is 0 Å². The molecule has 6 heteroatoms. The Morgan fingerprint density at radius 1 is 1.04 bits per heavy atom. The molecule has 0 atom stereocenters. The highest BCUT2D eigenvalue weighted by Crippen LogP contribution is 2.31. The van der Waals surface area contributed by atoms with Gasteiger partial charge < -0.3 is 9.47 Å². The van der Waals surface area contributed by atoms with Crippen LogP contribution in [0.15, 0.2) is 58.6 Å². The van der Waals surface area contributed by atoms with E-state index in [1.807, 2.05) is 36.4 Å². The molecule has 5 nitrogen and oxygen atoms in total. The minimum absolute atomic E-state index is 0.658. The number of amidine groups is 1. The topological polar surface area (TPSA) is 55.2 Å². The van der Waals surface area contributed by atoms with Gasteiger partial charge in [-0.05, 0) is 23.8 Å². The van der Waals surface area contributed by atoms with Crippen LogP contribution in [-0.4, -0.2) is 29.8 Å².